The van der Waals surface area contributed by atoms with Gasteiger partial charge >= 0.3 is 0 Å². The van der Waals surface area contributed by atoms with Gasteiger partial charge in [-0.25, -0.2) is 0 Å². The van der Waals surface area contributed by atoms with Crippen LogP contribution < -0.4 is 10.6 Å². The summed E-state index contributed by atoms with van der Waals surface area (Å²) in [5, 5.41) is 6.59. The third kappa shape index (κ3) is 4.93. The molecule has 1 atom stereocenters. The molecule has 1 aromatic rings. The van der Waals surface area contributed by atoms with Crippen LogP contribution in [0.5, 0.6) is 0 Å². The van der Waals surface area contributed by atoms with Crippen LogP contribution in [0, 0.1) is 0 Å². The molecule has 1 aromatic carbocycles. The summed E-state index contributed by atoms with van der Waals surface area (Å²) >= 11 is 6.07. The Bertz CT molecular complexity index is 626. The molecular formula is C18H24ClN3O3. The number of piperidine rings is 1. The summed E-state index contributed by atoms with van der Waals surface area (Å²) in [6.07, 6.45) is 3.50. The summed E-state index contributed by atoms with van der Waals surface area (Å²) in [6.45, 7) is 3.45. The van der Waals surface area contributed by atoms with Crippen LogP contribution in [0.25, 0.3) is 0 Å². The number of benzene rings is 1. The molecule has 3 rings (SSSR count). The highest BCUT2D eigenvalue weighted by molar-refractivity contribution is 6.31. The number of hydrogen-bond donors (Lipinski definition) is 2. The molecule has 6 nitrogen and oxygen atoms in total. The topological polar surface area (TPSA) is 70.7 Å². The number of ether oxygens (including phenoxy) is 1. The highest BCUT2D eigenvalue weighted by Crippen LogP contribution is 2.24. The molecular weight excluding hydrogens is 342 g/mol. The van der Waals surface area contributed by atoms with E-state index < -0.39 is 0 Å². The largest absolute Gasteiger partial charge is 0.378 e. The first-order valence-corrected chi connectivity index (χ1v) is 9.21. The van der Waals surface area contributed by atoms with Crippen LogP contribution in [0.4, 0.5) is 5.69 Å². The highest BCUT2D eigenvalue weighted by Gasteiger charge is 2.23. The molecule has 0 saturated carbocycles. The number of carbonyl (C=O) groups is 2. The molecule has 25 heavy (non-hydrogen) atoms. The van der Waals surface area contributed by atoms with E-state index in [0.29, 0.717) is 35.9 Å². The summed E-state index contributed by atoms with van der Waals surface area (Å²) in [7, 11) is 0. The molecule has 2 N–H and O–H groups in total. The van der Waals surface area contributed by atoms with E-state index in [2.05, 4.69) is 10.6 Å². The van der Waals surface area contributed by atoms with Crippen molar-refractivity contribution in [3.63, 3.8) is 0 Å². The van der Waals surface area contributed by atoms with Gasteiger partial charge in [0.25, 0.3) is 5.91 Å². The average Bonchev–Trinajstić information content (AvgIpc) is 2.63. The van der Waals surface area contributed by atoms with Gasteiger partial charge in [0.1, 0.15) is 0 Å². The third-order valence-corrected chi connectivity index (χ3v) is 4.79. The minimum atomic E-state index is -0.155. The Morgan fingerprint density at radius 2 is 2.08 bits per heavy atom. The van der Waals surface area contributed by atoms with Gasteiger partial charge in [0.05, 0.1) is 24.5 Å². The van der Waals surface area contributed by atoms with Gasteiger partial charge in [0.15, 0.2) is 0 Å². The maximum absolute atomic E-state index is 12.8. The highest BCUT2D eigenvalue weighted by atomic mass is 35.5. The van der Waals surface area contributed by atoms with E-state index in [1.807, 2.05) is 4.90 Å². The monoisotopic (exact) mass is 365 g/mol. The van der Waals surface area contributed by atoms with Crippen molar-refractivity contribution in [3.8, 4) is 0 Å². The van der Waals surface area contributed by atoms with E-state index in [4.69, 9.17) is 16.3 Å². The maximum Gasteiger partial charge on any atom is 0.255 e. The molecule has 2 aliphatic heterocycles. The second-order valence-corrected chi connectivity index (χ2v) is 6.96. The lowest BCUT2D eigenvalue weighted by Crippen LogP contribution is -2.43. The van der Waals surface area contributed by atoms with E-state index >= 15 is 0 Å². The van der Waals surface area contributed by atoms with E-state index in [-0.39, 0.29) is 17.9 Å². The van der Waals surface area contributed by atoms with E-state index in [0.717, 1.165) is 38.9 Å². The second kappa shape index (κ2) is 8.65. The standard InChI is InChI=1S/C18H24ClN3O3/c19-13-4-5-15(18(24)22-7-2-1-3-8-22)16(10-13)21-17(23)11-14-12-25-9-6-20-14/h4-5,10,14,20H,1-3,6-9,11-12H2,(H,21,23). The minimum absolute atomic E-state index is 0.00539. The molecule has 0 aliphatic carbocycles. The number of halogens is 1. The molecule has 0 bridgehead atoms. The van der Waals surface area contributed by atoms with Crippen LogP contribution in [0.3, 0.4) is 0 Å². The molecule has 0 aromatic heterocycles. The van der Waals surface area contributed by atoms with Crippen LogP contribution in [0.15, 0.2) is 18.2 Å². The summed E-state index contributed by atoms with van der Waals surface area (Å²) < 4.78 is 5.37. The van der Waals surface area contributed by atoms with Crippen LogP contribution in [-0.2, 0) is 9.53 Å². The van der Waals surface area contributed by atoms with Gasteiger partial charge in [-0.15, -0.1) is 0 Å². The van der Waals surface area contributed by atoms with Gasteiger partial charge in [-0.1, -0.05) is 11.6 Å². The van der Waals surface area contributed by atoms with Gasteiger partial charge in [0.2, 0.25) is 5.91 Å². The fourth-order valence-corrected chi connectivity index (χ4v) is 3.42. The zero-order chi connectivity index (χ0) is 17.6. The number of hydrogen-bond acceptors (Lipinski definition) is 4. The molecule has 2 aliphatic rings. The van der Waals surface area contributed by atoms with Crippen molar-refractivity contribution in [2.75, 3.05) is 38.2 Å². The Kier molecular flexibility index (Phi) is 6.29. The predicted octanol–water partition coefficient (Wildman–Crippen LogP) is 2.28. The van der Waals surface area contributed by atoms with Crippen molar-refractivity contribution in [2.45, 2.75) is 31.7 Å². The van der Waals surface area contributed by atoms with Crippen LogP contribution in [-0.4, -0.2) is 55.6 Å². The van der Waals surface area contributed by atoms with Gasteiger partial charge in [-0.05, 0) is 37.5 Å². The van der Waals surface area contributed by atoms with E-state index in [1.54, 1.807) is 18.2 Å². The molecule has 2 fully saturated rings. The maximum atomic E-state index is 12.8. The van der Waals surface area contributed by atoms with E-state index in [1.165, 1.54) is 0 Å². The predicted molar refractivity (Wildman–Crippen MR) is 97.1 cm³/mol. The number of morpholine rings is 1. The zero-order valence-corrected chi connectivity index (χ0v) is 15.0. The lowest BCUT2D eigenvalue weighted by atomic mass is 10.1. The first-order chi connectivity index (χ1) is 12.1. The van der Waals surface area contributed by atoms with Crippen molar-refractivity contribution in [1.29, 1.82) is 0 Å². The smallest absolute Gasteiger partial charge is 0.255 e. The average molecular weight is 366 g/mol. The number of carbonyl (C=O) groups excluding carboxylic acids is 2. The Hall–Kier alpha value is -1.63. The van der Waals surface area contributed by atoms with Crippen molar-refractivity contribution < 1.29 is 14.3 Å². The Balaban J connectivity index is 1.69. The second-order valence-electron chi connectivity index (χ2n) is 6.52. The number of likely N-dealkylation sites (tertiary alicyclic amines) is 1. The number of anilines is 1. The number of rotatable bonds is 4. The summed E-state index contributed by atoms with van der Waals surface area (Å²) in [6, 6.07) is 5.01. The molecule has 0 spiro atoms. The first kappa shape index (κ1) is 18.2. The lowest BCUT2D eigenvalue weighted by Gasteiger charge is -2.28. The lowest BCUT2D eigenvalue weighted by molar-refractivity contribution is -0.117. The van der Waals surface area contributed by atoms with Crippen molar-refractivity contribution in [3.05, 3.63) is 28.8 Å². The number of nitrogens with zero attached hydrogens (tertiary/aromatic N) is 1. The van der Waals surface area contributed by atoms with Gasteiger partial charge in [0, 0.05) is 37.1 Å². The Morgan fingerprint density at radius 3 is 2.80 bits per heavy atom. The molecule has 136 valence electrons. The molecule has 7 heteroatoms. The van der Waals surface area contributed by atoms with Gasteiger partial charge in [-0.2, -0.15) is 0 Å². The zero-order valence-electron chi connectivity index (χ0n) is 14.2. The van der Waals surface area contributed by atoms with Crippen LogP contribution >= 0.6 is 11.6 Å². The SMILES string of the molecule is O=C(CC1COCCN1)Nc1cc(Cl)ccc1C(=O)N1CCCCC1. The first-order valence-electron chi connectivity index (χ1n) is 8.83. The van der Waals surface area contributed by atoms with Crippen molar-refractivity contribution >= 4 is 29.1 Å². The van der Waals surface area contributed by atoms with Gasteiger partial charge < -0.3 is 20.3 Å². The molecule has 2 amide bonds. The van der Waals surface area contributed by atoms with Crippen LogP contribution in [0.2, 0.25) is 5.02 Å². The van der Waals surface area contributed by atoms with E-state index in [9.17, 15) is 9.59 Å². The normalized spacial score (nSPS) is 21.0. The summed E-state index contributed by atoms with van der Waals surface area (Å²) in [5.41, 5.74) is 0.970. The molecule has 0 radical (unpaired) electrons. The quantitative estimate of drug-likeness (QED) is 0.858. The minimum Gasteiger partial charge on any atom is -0.378 e. The molecule has 2 saturated heterocycles. The summed E-state index contributed by atoms with van der Waals surface area (Å²) in [5.74, 6) is -0.205. The molecule has 2 heterocycles. The van der Waals surface area contributed by atoms with Crippen LogP contribution in [0.1, 0.15) is 36.0 Å². The fraction of sp³-hybridized carbons (Fsp3) is 0.556. The number of nitrogens with one attached hydrogen (secondary N) is 2. The molecule has 1 unspecified atom stereocenters. The third-order valence-electron chi connectivity index (χ3n) is 4.56. The number of amides is 2. The summed E-state index contributed by atoms with van der Waals surface area (Å²) in [4.78, 5) is 27.0. The van der Waals surface area contributed by atoms with Crippen molar-refractivity contribution in [2.24, 2.45) is 0 Å². The Labute approximate surface area is 152 Å². The Morgan fingerprint density at radius 1 is 1.28 bits per heavy atom. The fourth-order valence-electron chi connectivity index (χ4n) is 3.25. The van der Waals surface area contributed by atoms with Gasteiger partial charge in [-0.3, -0.25) is 9.59 Å². The van der Waals surface area contributed by atoms with Crippen molar-refractivity contribution in [1.82, 2.24) is 10.2 Å².